The van der Waals surface area contributed by atoms with Crippen LogP contribution in [0.15, 0.2) is 54.6 Å². The smallest absolute Gasteiger partial charge is 0.219 e. The third kappa shape index (κ3) is 3.24. The Labute approximate surface area is 150 Å². The Morgan fingerprint density at radius 3 is 2.48 bits per heavy atom. The van der Waals surface area contributed by atoms with Crippen LogP contribution in [0.4, 0.5) is 0 Å². The van der Waals surface area contributed by atoms with E-state index in [1.807, 2.05) is 61.5 Å². The molecule has 0 N–H and O–H groups in total. The highest BCUT2D eigenvalue weighted by Gasteiger charge is 2.47. The van der Waals surface area contributed by atoms with Gasteiger partial charge in [-0.15, -0.1) is 0 Å². The number of rotatable bonds is 4. The Morgan fingerprint density at radius 2 is 1.76 bits per heavy atom. The van der Waals surface area contributed by atoms with E-state index in [0.29, 0.717) is 12.6 Å². The van der Waals surface area contributed by atoms with Gasteiger partial charge in [-0.1, -0.05) is 60.2 Å². The highest BCUT2D eigenvalue weighted by atomic mass is 32.2. The summed E-state index contributed by atoms with van der Waals surface area (Å²) in [6.45, 7) is 3.59. The number of fused-ring (bicyclic) bond motifs is 1. The van der Waals surface area contributed by atoms with Gasteiger partial charge in [-0.25, -0.2) is 8.42 Å². The molecular weight excluding hydrogens is 332 g/mol. The van der Waals surface area contributed by atoms with Gasteiger partial charge in [-0.05, 0) is 30.9 Å². The number of hydrogen-bond acceptors (Lipinski definition) is 3. The molecule has 5 heteroatoms. The molecule has 0 aliphatic carbocycles. The minimum absolute atomic E-state index is 0.0666. The summed E-state index contributed by atoms with van der Waals surface area (Å²) >= 11 is 0. The van der Waals surface area contributed by atoms with Gasteiger partial charge in [0, 0.05) is 19.1 Å². The van der Waals surface area contributed by atoms with Gasteiger partial charge in [-0.2, -0.15) is 4.31 Å². The number of benzene rings is 2. The highest BCUT2D eigenvalue weighted by molar-refractivity contribution is 7.88. The summed E-state index contributed by atoms with van der Waals surface area (Å²) in [6, 6.07) is 18.2. The summed E-state index contributed by atoms with van der Waals surface area (Å²) in [5.74, 6) is 0.0666. The number of hydrogen-bond donors (Lipinski definition) is 0. The van der Waals surface area contributed by atoms with Gasteiger partial charge in [0.1, 0.15) is 6.17 Å². The molecule has 2 unspecified atom stereocenters. The van der Waals surface area contributed by atoms with Crippen LogP contribution in [0.1, 0.15) is 35.7 Å². The van der Waals surface area contributed by atoms with Crippen LogP contribution in [-0.4, -0.2) is 36.8 Å². The Balaban J connectivity index is 1.65. The van der Waals surface area contributed by atoms with Crippen molar-refractivity contribution in [1.29, 1.82) is 0 Å². The van der Waals surface area contributed by atoms with E-state index in [9.17, 15) is 8.42 Å². The van der Waals surface area contributed by atoms with Crippen molar-refractivity contribution in [3.05, 3.63) is 71.3 Å². The molecule has 2 aliphatic rings. The summed E-state index contributed by atoms with van der Waals surface area (Å²) < 4.78 is 28.1. The summed E-state index contributed by atoms with van der Waals surface area (Å²) in [6.07, 6.45) is 2.07. The molecule has 0 radical (unpaired) electrons. The maximum absolute atomic E-state index is 13.2. The lowest BCUT2D eigenvalue weighted by Crippen LogP contribution is -2.36. The van der Waals surface area contributed by atoms with Crippen LogP contribution in [0, 0.1) is 6.92 Å². The van der Waals surface area contributed by atoms with Gasteiger partial charge in [0.05, 0.1) is 5.75 Å². The van der Waals surface area contributed by atoms with Crippen LogP contribution >= 0.6 is 0 Å². The van der Waals surface area contributed by atoms with Crippen molar-refractivity contribution >= 4 is 10.0 Å². The lowest BCUT2D eigenvalue weighted by Gasteiger charge is -2.29. The van der Waals surface area contributed by atoms with E-state index in [1.165, 1.54) is 0 Å². The maximum Gasteiger partial charge on any atom is 0.219 e. The molecule has 2 saturated heterocycles. The van der Waals surface area contributed by atoms with E-state index in [4.69, 9.17) is 0 Å². The summed E-state index contributed by atoms with van der Waals surface area (Å²) in [7, 11) is -3.37. The zero-order chi connectivity index (χ0) is 17.4. The molecule has 2 aliphatic heterocycles. The number of nitrogens with zero attached hydrogens (tertiary/aromatic N) is 2. The molecule has 4 rings (SSSR count). The predicted octanol–water partition coefficient (Wildman–Crippen LogP) is 3.30. The lowest BCUT2D eigenvalue weighted by molar-refractivity contribution is 0.198. The Kier molecular flexibility index (Phi) is 4.40. The second kappa shape index (κ2) is 6.56. The predicted molar refractivity (Wildman–Crippen MR) is 99.4 cm³/mol. The minimum Gasteiger partial charge on any atom is -0.279 e. The average molecular weight is 356 g/mol. The first kappa shape index (κ1) is 16.8. The van der Waals surface area contributed by atoms with Crippen LogP contribution in [0.25, 0.3) is 0 Å². The van der Waals surface area contributed by atoms with Gasteiger partial charge in [-0.3, -0.25) is 4.90 Å². The highest BCUT2D eigenvalue weighted by Crippen LogP contribution is 2.40. The maximum atomic E-state index is 13.2. The minimum atomic E-state index is -3.37. The normalized spacial score (nSPS) is 24.5. The molecule has 25 heavy (non-hydrogen) atoms. The molecule has 0 bridgehead atoms. The van der Waals surface area contributed by atoms with Crippen LogP contribution in [0.5, 0.6) is 0 Å². The molecular formula is C20H24N2O2S. The molecule has 2 heterocycles. The van der Waals surface area contributed by atoms with Gasteiger partial charge in [0.25, 0.3) is 0 Å². The topological polar surface area (TPSA) is 40.6 Å². The van der Waals surface area contributed by atoms with Gasteiger partial charge >= 0.3 is 0 Å². The van der Waals surface area contributed by atoms with Crippen LogP contribution in [0.2, 0.25) is 0 Å². The standard InChI is InChI=1S/C20H24N2O2S/c1-16-9-11-17(12-10-16)15-25(23,24)22-14-19-8-5-13-21(19)20(22)18-6-3-2-4-7-18/h2-4,6-7,9-12,19-20H,5,8,13-15H2,1H3. The van der Waals surface area contributed by atoms with Gasteiger partial charge in [0.15, 0.2) is 0 Å². The SMILES string of the molecule is Cc1ccc(CS(=O)(=O)N2CC3CCCN3C2c2ccccc2)cc1. The molecule has 0 amide bonds. The Bertz CT molecular complexity index is 834. The van der Waals surface area contributed by atoms with Crippen molar-refractivity contribution in [2.24, 2.45) is 0 Å². The Morgan fingerprint density at radius 1 is 1.04 bits per heavy atom. The van der Waals surface area contributed by atoms with Crippen LogP contribution in [-0.2, 0) is 15.8 Å². The molecule has 2 aromatic rings. The van der Waals surface area contributed by atoms with E-state index in [1.54, 1.807) is 4.31 Å². The van der Waals surface area contributed by atoms with Crippen molar-refractivity contribution < 1.29 is 8.42 Å². The third-order valence-electron chi connectivity index (χ3n) is 5.32. The molecule has 4 nitrogen and oxygen atoms in total. The summed E-state index contributed by atoms with van der Waals surface area (Å²) in [5, 5.41) is 0. The quantitative estimate of drug-likeness (QED) is 0.844. The van der Waals surface area contributed by atoms with E-state index in [0.717, 1.165) is 36.1 Å². The molecule has 2 atom stereocenters. The summed E-state index contributed by atoms with van der Waals surface area (Å²) in [4.78, 5) is 2.36. The molecule has 132 valence electrons. The average Bonchev–Trinajstić information content (AvgIpc) is 3.19. The second-order valence-corrected chi connectivity index (χ2v) is 9.05. The van der Waals surface area contributed by atoms with Crippen LogP contribution in [0.3, 0.4) is 0 Å². The molecule has 2 aromatic carbocycles. The van der Waals surface area contributed by atoms with Crippen molar-refractivity contribution in [3.63, 3.8) is 0 Å². The van der Waals surface area contributed by atoms with E-state index in [-0.39, 0.29) is 11.9 Å². The zero-order valence-electron chi connectivity index (χ0n) is 14.5. The van der Waals surface area contributed by atoms with Gasteiger partial charge < -0.3 is 0 Å². The second-order valence-electron chi connectivity index (χ2n) is 7.13. The lowest BCUT2D eigenvalue weighted by atomic mass is 10.1. The van der Waals surface area contributed by atoms with E-state index in [2.05, 4.69) is 4.90 Å². The fourth-order valence-corrected chi connectivity index (χ4v) is 5.80. The van der Waals surface area contributed by atoms with Gasteiger partial charge in [0.2, 0.25) is 10.0 Å². The molecule has 0 aromatic heterocycles. The largest absolute Gasteiger partial charge is 0.279 e. The molecule has 0 spiro atoms. The number of sulfonamides is 1. The van der Waals surface area contributed by atoms with Crippen molar-refractivity contribution in [1.82, 2.24) is 9.21 Å². The third-order valence-corrected chi connectivity index (χ3v) is 7.09. The molecule has 0 saturated carbocycles. The molecule has 2 fully saturated rings. The summed E-state index contributed by atoms with van der Waals surface area (Å²) in [5.41, 5.74) is 3.06. The number of aryl methyl sites for hydroxylation is 1. The first-order valence-electron chi connectivity index (χ1n) is 8.90. The monoisotopic (exact) mass is 356 g/mol. The first-order chi connectivity index (χ1) is 12.0. The van der Waals surface area contributed by atoms with E-state index < -0.39 is 10.0 Å². The van der Waals surface area contributed by atoms with Crippen molar-refractivity contribution in [3.8, 4) is 0 Å². The van der Waals surface area contributed by atoms with Crippen molar-refractivity contribution in [2.45, 2.75) is 37.7 Å². The first-order valence-corrected chi connectivity index (χ1v) is 10.5. The fraction of sp³-hybridized carbons (Fsp3) is 0.400. The van der Waals surface area contributed by atoms with Crippen LogP contribution < -0.4 is 0 Å². The Hall–Kier alpha value is -1.69. The zero-order valence-corrected chi connectivity index (χ0v) is 15.3. The van der Waals surface area contributed by atoms with E-state index >= 15 is 0 Å². The van der Waals surface area contributed by atoms with Crippen molar-refractivity contribution in [2.75, 3.05) is 13.1 Å². The fourth-order valence-electron chi connectivity index (χ4n) is 4.08.